The maximum Gasteiger partial charge on any atom is 0.117 e. The van der Waals surface area contributed by atoms with Crippen LogP contribution in [0, 0.1) is 0 Å². The molecule has 19 heavy (non-hydrogen) atoms. The van der Waals surface area contributed by atoms with E-state index in [1.807, 2.05) is 12.1 Å². The predicted molar refractivity (Wildman–Crippen MR) is 79.4 cm³/mol. The molecule has 0 spiro atoms. The maximum absolute atomic E-state index is 5.30. The van der Waals surface area contributed by atoms with E-state index in [0.717, 1.165) is 18.8 Å². The number of fused-ring (bicyclic) bond motifs is 1. The van der Waals surface area contributed by atoms with Crippen molar-refractivity contribution in [2.45, 2.75) is 13.1 Å². The second-order valence-corrected chi connectivity index (χ2v) is 4.47. The topological polar surface area (TPSA) is 30.1 Å². The molecule has 0 atom stereocenters. The van der Waals surface area contributed by atoms with Crippen molar-refractivity contribution in [2.75, 3.05) is 0 Å². The van der Waals surface area contributed by atoms with Gasteiger partial charge in [0.2, 0.25) is 0 Å². The number of halogens is 1. The van der Waals surface area contributed by atoms with Gasteiger partial charge in [-0.05, 0) is 23.8 Å². The fraction of sp³-hybridized carbons (Fsp3) is 0.200. The summed E-state index contributed by atoms with van der Waals surface area (Å²) in [7, 11) is 2.08. The zero-order valence-electron chi connectivity index (χ0n) is 10.8. The molecule has 0 fully saturated rings. The summed E-state index contributed by atoms with van der Waals surface area (Å²) in [5.74, 6) is 0.968. The Morgan fingerprint density at radius 1 is 1.11 bits per heavy atom. The van der Waals surface area contributed by atoms with Gasteiger partial charge >= 0.3 is 0 Å². The molecule has 0 aliphatic heterocycles. The van der Waals surface area contributed by atoms with Crippen LogP contribution in [0.3, 0.4) is 0 Å². The van der Waals surface area contributed by atoms with Crippen LogP contribution in [0.15, 0.2) is 53.3 Å². The summed E-state index contributed by atoms with van der Waals surface area (Å²) >= 11 is 0. The van der Waals surface area contributed by atoms with Gasteiger partial charge in [0.1, 0.15) is 5.76 Å². The molecular formula is C15H17ClN2O. The van der Waals surface area contributed by atoms with Crippen LogP contribution in [0.4, 0.5) is 0 Å². The minimum Gasteiger partial charge on any atom is -0.468 e. The van der Waals surface area contributed by atoms with Crippen LogP contribution in [0.2, 0.25) is 0 Å². The normalized spacial score (nSPS) is 10.6. The van der Waals surface area contributed by atoms with Crippen molar-refractivity contribution in [1.82, 2.24) is 9.88 Å². The van der Waals surface area contributed by atoms with Crippen molar-refractivity contribution in [1.29, 1.82) is 0 Å². The Bertz CT molecular complexity index is 643. The average molecular weight is 277 g/mol. The summed E-state index contributed by atoms with van der Waals surface area (Å²) in [5.41, 5.74) is 2.59. The molecule has 3 nitrogen and oxygen atoms in total. The number of benzene rings is 1. The Morgan fingerprint density at radius 3 is 2.74 bits per heavy atom. The van der Waals surface area contributed by atoms with E-state index in [2.05, 4.69) is 47.4 Å². The lowest BCUT2D eigenvalue weighted by Crippen LogP contribution is -2.11. The van der Waals surface area contributed by atoms with Crippen LogP contribution >= 0.6 is 12.4 Å². The molecule has 100 valence electrons. The second-order valence-electron chi connectivity index (χ2n) is 4.47. The molecule has 2 aromatic heterocycles. The lowest BCUT2D eigenvalue weighted by molar-refractivity contribution is 0.483. The Labute approximate surface area is 118 Å². The maximum atomic E-state index is 5.30. The van der Waals surface area contributed by atoms with E-state index in [9.17, 15) is 0 Å². The summed E-state index contributed by atoms with van der Waals surface area (Å²) in [6.07, 6.45) is 3.88. The lowest BCUT2D eigenvalue weighted by Gasteiger charge is -2.01. The smallest absolute Gasteiger partial charge is 0.117 e. The Kier molecular flexibility index (Phi) is 4.30. The first-order valence-corrected chi connectivity index (χ1v) is 6.10. The van der Waals surface area contributed by atoms with E-state index < -0.39 is 0 Å². The highest BCUT2D eigenvalue weighted by Crippen LogP contribution is 2.20. The minimum atomic E-state index is 0. The number of nitrogens with one attached hydrogen (secondary N) is 1. The first-order valence-electron chi connectivity index (χ1n) is 6.10. The number of rotatable bonds is 4. The van der Waals surface area contributed by atoms with E-state index in [1.165, 1.54) is 16.5 Å². The van der Waals surface area contributed by atoms with Gasteiger partial charge in [-0.1, -0.05) is 18.2 Å². The van der Waals surface area contributed by atoms with Gasteiger partial charge in [0.15, 0.2) is 0 Å². The van der Waals surface area contributed by atoms with E-state index in [0.29, 0.717) is 0 Å². The van der Waals surface area contributed by atoms with Gasteiger partial charge in [-0.3, -0.25) is 0 Å². The Hall–Kier alpha value is -1.71. The van der Waals surface area contributed by atoms with Crippen molar-refractivity contribution in [3.63, 3.8) is 0 Å². The van der Waals surface area contributed by atoms with E-state index in [-0.39, 0.29) is 12.4 Å². The molecule has 1 aromatic carbocycles. The van der Waals surface area contributed by atoms with Gasteiger partial charge in [-0.2, -0.15) is 0 Å². The summed E-state index contributed by atoms with van der Waals surface area (Å²) in [6, 6.07) is 12.4. The highest BCUT2D eigenvalue weighted by Gasteiger charge is 2.05. The van der Waals surface area contributed by atoms with Crippen LogP contribution in [0.5, 0.6) is 0 Å². The van der Waals surface area contributed by atoms with Gasteiger partial charge in [0, 0.05) is 30.7 Å². The lowest BCUT2D eigenvalue weighted by atomic mass is 10.2. The number of para-hydroxylation sites is 1. The number of aryl methyl sites for hydroxylation is 1. The van der Waals surface area contributed by atoms with Gasteiger partial charge in [0.25, 0.3) is 0 Å². The SMILES string of the molecule is Cl.Cn1cc(CNCc2ccco2)c2ccccc21. The van der Waals surface area contributed by atoms with Gasteiger partial charge in [-0.15, -0.1) is 12.4 Å². The highest BCUT2D eigenvalue weighted by atomic mass is 35.5. The molecule has 0 radical (unpaired) electrons. The molecule has 0 aliphatic rings. The molecule has 0 saturated heterocycles. The summed E-state index contributed by atoms with van der Waals surface area (Å²) in [4.78, 5) is 0. The third kappa shape index (κ3) is 2.83. The molecule has 0 bridgehead atoms. The monoisotopic (exact) mass is 276 g/mol. The second kappa shape index (κ2) is 5.95. The number of nitrogens with zero attached hydrogens (tertiary/aromatic N) is 1. The molecule has 0 saturated carbocycles. The number of hydrogen-bond acceptors (Lipinski definition) is 2. The third-order valence-corrected chi connectivity index (χ3v) is 3.17. The predicted octanol–water partition coefficient (Wildman–Crippen LogP) is 3.48. The van der Waals surface area contributed by atoms with E-state index in [1.54, 1.807) is 6.26 Å². The fourth-order valence-electron chi connectivity index (χ4n) is 2.30. The molecule has 4 heteroatoms. The Morgan fingerprint density at radius 2 is 1.95 bits per heavy atom. The highest BCUT2D eigenvalue weighted by molar-refractivity contribution is 5.85. The van der Waals surface area contributed by atoms with Gasteiger partial charge in [-0.25, -0.2) is 0 Å². The molecule has 0 unspecified atom stereocenters. The number of furan rings is 1. The van der Waals surface area contributed by atoms with Crippen LogP contribution in [-0.4, -0.2) is 4.57 Å². The standard InChI is InChI=1S/C15H16N2O.ClH/c1-17-11-12(14-6-2-3-7-15(14)17)9-16-10-13-5-4-8-18-13;/h2-8,11,16H,9-10H2,1H3;1H. The zero-order valence-corrected chi connectivity index (χ0v) is 11.6. The average Bonchev–Trinajstić information content (AvgIpc) is 3.00. The van der Waals surface area contributed by atoms with Crippen LogP contribution in [0.25, 0.3) is 10.9 Å². The number of hydrogen-bond donors (Lipinski definition) is 1. The largest absolute Gasteiger partial charge is 0.468 e. The van der Waals surface area contributed by atoms with Gasteiger partial charge < -0.3 is 14.3 Å². The molecule has 0 amide bonds. The molecular weight excluding hydrogens is 260 g/mol. The number of aromatic nitrogens is 1. The summed E-state index contributed by atoms with van der Waals surface area (Å²) in [6.45, 7) is 1.61. The van der Waals surface area contributed by atoms with Crippen LogP contribution in [0.1, 0.15) is 11.3 Å². The first-order chi connectivity index (χ1) is 8.84. The zero-order chi connectivity index (χ0) is 12.4. The van der Waals surface area contributed by atoms with Crippen molar-refractivity contribution >= 4 is 23.3 Å². The quantitative estimate of drug-likeness (QED) is 0.791. The molecule has 2 heterocycles. The first kappa shape index (κ1) is 13.7. The van der Waals surface area contributed by atoms with Crippen molar-refractivity contribution in [3.8, 4) is 0 Å². The molecule has 1 N–H and O–H groups in total. The molecule has 3 rings (SSSR count). The Balaban J connectivity index is 0.00000133. The van der Waals surface area contributed by atoms with Crippen LogP contribution < -0.4 is 5.32 Å². The van der Waals surface area contributed by atoms with Crippen molar-refractivity contribution in [2.24, 2.45) is 7.05 Å². The third-order valence-electron chi connectivity index (χ3n) is 3.17. The molecule has 3 aromatic rings. The van der Waals surface area contributed by atoms with Crippen molar-refractivity contribution < 1.29 is 4.42 Å². The summed E-state index contributed by atoms with van der Waals surface area (Å²) < 4.78 is 7.46. The van der Waals surface area contributed by atoms with E-state index >= 15 is 0 Å². The summed E-state index contributed by atoms with van der Waals surface area (Å²) in [5, 5.41) is 4.71. The van der Waals surface area contributed by atoms with Gasteiger partial charge in [0.05, 0.1) is 12.8 Å². The van der Waals surface area contributed by atoms with Crippen LogP contribution in [-0.2, 0) is 20.1 Å². The van der Waals surface area contributed by atoms with E-state index in [4.69, 9.17) is 4.42 Å². The van der Waals surface area contributed by atoms with Crippen molar-refractivity contribution in [3.05, 3.63) is 60.2 Å². The molecule has 0 aliphatic carbocycles. The fourth-order valence-corrected chi connectivity index (χ4v) is 2.30. The minimum absolute atomic E-state index is 0.